The average Bonchev–Trinajstić information content (AvgIpc) is 3.29. The van der Waals surface area contributed by atoms with Crippen molar-refractivity contribution in [1.82, 2.24) is 5.01 Å². The van der Waals surface area contributed by atoms with Crippen molar-refractivity contribution in [1.29, 1.82) is 0 Å². The van der Waals surface area contributed by atoms with Crippen LogP contribution < -0.4 is 0 Å². The molecule has 0 aromatic heterocycles. The normalized spacial score (nSPS) is 22.7. The van der Waals surface area contributed by atoms with Gasteiger partial charge in [0.25, 0.3) is 10.0 Å². The van der Waals surface area contributed by atoms with Crippen LogP contribution in [0.2, 0.25) is 5.02 Å². The Hall–Kier alpha value is -2.95. The van der Waals surface area contributed by atoms with Crippen LogP contribution in [0.5, 0.6) is 0 Å². The van der Waals surface area contributed by atoms with Crippen LogP contribution in [-0.4, -0.2) is 47.6 Å². The summed E-state index contributed by atoms with van der Waals surface area (Å²) < 4.78 is 29.9. The molecule has 0 N–H and O–H groups in total. The van der Waals surface area contributed by atoms with Crippen molar-refractivity contribution in [2.75, 3.05) is 12.8 Å². The minimum Gasteiger partial charge on any atom is -0.264 e. The molecule has 2 aliphatic rings. The van der Waals surface area contributed by atoms with Gasteiger partial charge in [-0.3, -0.25) is 10.1 Å². The fourth-order valence-electron chi connectivity index (χ4n) is 3.83. The summed E-state index contributed by atoms with van der Waals surface area (Å²) in [4.78, 5) is 11.2. The Kier molecular flexibility index (Phi) is 7.16. The van der Waals surface area contributed by atoms with Gasteiger partial charge in [0.2, 0.25) is 5.54 Å². The molecule has 0 bridgehead atoms. The molecular weight excluding hydrogens is 508 g/mol. The summed E-state index contributed by atoms with van der Waals surface area (Å²) in [6, 6.07) is 15.6. The van der Waals surface area contributed by atoms with Crippen LogP contribution in [0, 0.1) is 10.1 Å². The summed E-state index contributed by atoms with van der Waals surface area (Å²) in [5, 5.41) is 18.4. The summed E-state index contributed by atoms with van der Waals surface area (Å²) in [5.41, 5.74) is 1.33. The molecule has 2 aromatic carbocycles. The number of benzene rings is 2. The fraction of sp³-hybridized carbons (Fsp3) is 0.250. The highest BCUT2D eigenvalue weighted by molar-refractivity contribution is 8.13. The molecule has 1 aliphatic heterocycles. The third kappa shape index (κ3) is 5.34. The van der Waals surface area contributed by atoms with Gasteiger partial charge in [0.05, 0.1) is 17.2 Å². The predicted octanol–water partition coefficient (Wildman–Crippen LogP) is 5.12. The number of hydrazone groups is 1. The molecular formula is C24H23ClN4O4S2. The van der Waals surface area contributed by atoms with E-state index in [0.29, 0.717) is 17.3 Å². The van der Waals surface area contributed by atoms with E-state index in [4.69, 9.17) is 16.7 Å². The number of amidine groups is 1. The summed E-state index contributed by atoms with van der Waals surface area (Å²) in [5.74, 6) is -0.164. The molecule has 2 unspecified atom stereocenters. The van der Waals surface area contributed by atoms with Gasteiger partial charge in [-0.05, 0) is 47.7 Å². The van der Waals surface area contributed by atoms with Crippen molar-refractivity contribution in [2.45, 2.75) is 29.7 Å². The molecule has 0 saturated heterocycles. The van der Waals surface area contributed by atoms with Gasteiger partial charge in [-0.1, -0.05) is 65.8 Å². The first kappa shape index (κ1) is 25.2. The van der Waals surface area contributed by atoms with Gasteiger partial charge in [0.1, 0.15) is 0 Å². The molecule has 0 saturated carbocycles. The van der Waals surface area contributed by atoms with Crippen LogP contribution >= 0.6 is 23.4 Å². The summed E-state index contributed by atoms with van der Waals surface area (Å²) in [7, 11) is -3.98. The molecule has 2 aromatic rings. The fourth-order valence-corrected chi connectivity index (χ4v) is 5.76. The lowest BCUT2D eigenvalue weighted by molar-refractivity contribution is -0.549. The van der Waals surface area contributed by atoms with Crippen LogP contribution in [0.15, 0.2) is 92.8 Å². The molecule has 0 radical (unpaired) electrons. The second-order valence-corrected chi connectivity index (χ2v) is 11.2. The Bertz CT molecular complexity index is 1360. The Morgan fingerprint density at radius 3 is 2.49 bits per heavy atom. The molecule has 2 atom stereocenters. The number of thioether (sulfide) groups is 1. The number of hydrogen-bond acceptors (Lipinski definition) is 6. The topological polar surface area (TPSA) is 105 Å². The highest BCUT2D eigenvalue weighted by Gasteiger charge is 2.38. The van der Waals surface area contributed by atoms with Crippen molar-refractivity contribution < 1.29 is 13.3 Å². The molecule has 0 fully saturated rings. The Labute approximate surface area is 213 Å². The third-order valence-electron chi connectivity index (χ3n) is 5.90. The number of nitrogens with zero attached hydrogens (tertiary/aromatic N) is 4. The van der Waals surface area contributed by atoms with Gasteiger partial charge in [-0.15, -0.1) is 4.40 Å². The van der Waals surface area contributed by atoms with Crippen molar-refractivity contribution in [3.05, 3.63) is 99.1 Å². The number of nitro groups is 1. The molecule has 4 rings (SSSR count). The van der Waals surface area contributed by atoms with Gasteiger partial charge in [0.15, 0.2) is 5.17 Å². The van der Waals surface area contributed by atoms with Crippen LogP contribution in [0.4, 0.5) is 0 Å². The van der Waals surface area contributed by atoms with Crippen molar-refractivity contribution in [2.24, 2.45) is 9.50 Å². The van der Waals surface area contributed by atoms with Crippen LogP contribution in [0.25, 0.3) is 0 Å². The highest BCUT2D eigenvalue weighted by atomic mass is 35.5. The average molecular weight is 531 g/mol. The zero-order valence-corrected chi connectivity index (χ0v) is 21.4. The first-order chi connectivity index (χ1) is 16.6. The lowest BCUT2D eigenvalue weighted by atomic mass is 9.84. The Morgan fingerprint density at radius 2 is 1.91 bits per heavy atom. The van der Waals surface area contributed by atoms with E-state index in [0.717, 1.165) is 11.1 Å². The molecule has 35 heavy (non-hydrogen) atoms. The SMILES string of the molecule is CS/C(=N\S(=O)(=O)c1ccc(Cl)cc1)N1CC(c2ccccc2)C(C2=CCC(C)([N+](=O)[O-])C=C2)=N1. The number of allylic oxidation sites excluding steroid dienone is 2. The molecule has 0 spiro atoms. The molecule has 182 valence electrons. The number of hydrogen-bond donors (Lipinski definition) is 0. The zero-order chi connectivity index (χ0) is 25.2. The quantitative estimate of drug-likeness (QED) is 0.230. The van der Waals surface area contributed by atoms with E-state index in [1.165, 1.54) is 36.0 Å². The maximum Gasteiger partial charge on any atom is 0.284 e. The zero-order valence-electron chi connectivity index (χ0n) is 19.0. The smallest absolute Gasteiger partial charge is 0.264 e. The summed E-state index contributed by atoms with van der Waals surface area (Å²) in [6.07, 6.45) is 7.11. The summed E-state index contributed by atoms with van der Waals surface area (Å²) in [6.45, 7) is 1.96. The van der Waals surface area contributed by atoms with Crippen LogP contribution in [-0.2, 0) is 10.0 Å². The van der Waals surface area contributed by atoms with Crippen LogP contribution in [0.1, 0.15) is 24.8 Å². The first-order valence-corrected chi connectivity index (χ1v) is 13.8. The van der Waals surface area contributed by atoms with Gasteiger partial charge in [-0.25, -0.2) is 5.01 Å². The molecule has 1 heterocycles. The van der Waals surface area contributed by atoms with E-state index in [9.17, 15) is 18.5 Å². The highest BCUT2D eigenvalue weighted by Crippen LogP contribution is 2.34. The first-order valence-electron chi connectivity index (χ1n) is 10.7. The maximum absolute atomic E-state index is 12.9. The molecule has 0 amide bonds. The van der Waals surface area contributed by atoms with E-state index in [1.807, 2.05) is 36.4 Å². The Balaban J connectivity index is 1.71. The van der Waals surface area contributed by atoms with Crippen molar-refractivity contribution >= 4 is 44.3 Å². The van der Waals surface area contributed by atoms with Crippen molar-refractivity contribution in [3.63, 3.8) is 0 Å². The largest absolute Gasteiger partial charge is 0.284 e. The minimum absolute atomic E-state index is 0.0356. The van der Waals surface area contributed by atoms with Gasteiger partial charge in [-0.2, -0.15) is 13.5 Å². The standard InChI is InChI=1S/C24H23ClN4O4S2/c1-24(29(30)31)14-12-18(13-15-24)22-21(17-6-4-3-5-7-17)16-28(26-22)23(34-2)27-35(32,33)20-10-8-19(25)9-11-20/h3-14,21H,15-16H2,1-2H3/b27-23-. The number of halogens is 1. The van der Waals surface area contributed by atoms with E-state index in [1.54, 1.807) is 30.3 Å². The lowest BCUT2D eigenvalue weighted by Gasteiger charge is -2.21. The van der Waals surface area contributed by atoms with E-state index in [2.05, 4.69) is 4.40 Å². The van der Waals surface area contributed by atoms with Crippen molar-refractivity contribution in [3.8, 4) is 0 Å². The lowest BCUT2D eigenvalue weighted by Crippen LogP contribution is -2.33. The predicted molar refractivity (Wildman–Crippen MR) is 140 cm³/mol. The number of rotatable bonds is 5. The second-order valence-electron chi connectivity index (χ2n) is 8.35. The molecule has 8 nitrogen and oxygen atoms in total. The number of sulfonamides is 1. The van der Waals surface area contributed by atoms with Gasteiger partial charge < -0.3 is 0 Å². The minimum atomic E-state index is -3.98. The maximum atomic E-state index is 12.9. The van der Waals surface area contributed by atoms with E-state index >= 15 is 0 Å². The molecule has 1 aliphatic carbocycles. The van der Waals surface area contributed by atoms with E-state index in [-0.39, 0.29) is 27.3 Å². The Morgan fingerprint density at radius 1 is 1.23 bits per heavy atom. The third-order valence-corrected chi connectivity index (χ3v) is 8.22. The van der Waals surface area contributed by atoms with Gasteiger partial charge in [0, 0.05) is 29.2 Å². The second kappa shape index (κ2) is 9.96. The summed E-state index contributed by atoms with van der Waals surface area (Å²) >= 11 is 7.07. The van der Waals surface area contributed by atoms with Crippen LogP contribution in [0.3, 0.4) is 0 Å². The monoisotopic (exact) mass is 530 g/mol. The van der Waals surface area contributed by atoms with Gasteiger partial charge >= 0.3 is 0 Å². The van der Waals surface area contributed by atoms with E-state index < -0.39 is 15.6 Å². The molecule has 11 heteroatoms.